The molecule has 22 heavy (non-hydrogen) atoms. The summed E-state index contributed by atoms with van der Waals surface area (Å²) in [6.45, 7) is 0.00181. The van der Waals surface area contributed by atoms with Gasteiger partial charge in [-0.1, -0.05) is 6.07 Å². The molecule has 0 aliphatic carbocycles. The molecular weight excluding hydrogens is 307 g/mol. The first kappa shape index (κ1) is 14.3. The molecule has 0 saturated heterocycles. The minimum absolute atomic E-state index is 0.00181. The predicted octanol–water partition coefficient (Wildman–Crippen LogP) is 3.00. The van der Waals surface area contributed by atoms with E-state index in [1.54, 1.807) is 17.5 Å². The Hall–Kier alpha value is -2.67. The van der Waals surface area contributed by atoms with Crippen LogP contribution in [0.3, 0.4) is 0 Å². The second kappa shape index (κ2) is 5.61. The van der Waals surface area contributed by atoms with Crippen molar-refractivity contribution in [1.29, 1.82) is 0 Å². The quantitative estimate of drug-likeness (QED) is 0.691. The average Bonchev–Trinajstić information content (AvgIpc) is 3.12. The second-order valence-corrected chi connectivity index (χ2v) is 5.58. The minimum atomic E-state index is -1.16. The number of carbonyl (C=O) groups excluding carboxylic acids is 1. The van der Waals surface area contributed by atoms with Crippen molar-refractivity contribution < 1.29 is 19.1 Å². The van der Waals surface area contributed by atoms with E-state index in [-0.39, 0.29) is 18.1 Å². The van der Waals surface area contributed by atoms with Crippen LogP contribution < -0.4 is 5.32 Å². The fourth-order valence-electron chi connectivity index (χ4n) is 2.25. The lowest BCUT2D eigenvalue weighted by molar-refractivity contribution is 0.0689. The Morgan fingerprint density at radius 2 is 2.14 bits per heavy atom. The highest BCUT2D eigenvalue weighted by Crippen LogP contribution is 2.24. The Morgan fingerprint density at radius 1 is 1.32 bits per heavy atom. The van der Waals surface area contributed by atoms with E-state index in [4.69, 9.17) is 0 Å². The topological polar surface area (TPSA) is 82.2 Å². The van der Waals surface area contributed by atoms with Gasteiger partial charge in [0.2, 0.25) is 0 Å². The van der Waals surface area contributed by atoms with Gasteiger partial charge in [-0.05, 0) is 29.6 Å². The van der Waals surface area contributed by atoms with Crippen LogP contribution in [0.25, 0.3) is 10.9 Å². The third kappa shape index (κ3) is 2.58. The standard InChI is InChI=1S/C15H11FN2O3S/c16-8-3-4-11-9(6-8)10(13(18-11)15(20)21)7-17-14(19)12-2-1-5-22-12/h1-6,18H,7H2,(H,17,19)(H,20,21). The van der Waals surface area contributed by atoms with E-state index in [9.17, 15) is 19.1 Å². The van der Waals surface area contributed by atoms with E-state index in [0.29, 0.717) is 21.3 Å². The highest BCUT2D eigenvalue weighted by Gasteiger charge is 2.18. The number of aromatic carboxylic acids is 1. The molecule has 2 aromatic heterocycles. The largest absolute Gasteiger partial charge is 0.477 e. The molecule has 112 valence electrons. The number of thiophene rings is 1. The molecule has 0 unspecified atom stereocenters. The van der Waals surface area contributed by atoms with Gasteiger partial charge in [-0.3, -0.25) is 4.79 Å². The maximum atomic E-state index is 13.4. The van der Waals surface area contributed by atoms with Crippen molar-refractivity contribution in [2.45, 2.75) is 6.54 Å². The van der Waals surface area contributed by atoms with Crippen LogP contribution in [-0.4, -0.2) is 22.0 Å². The molecule has 0 radical (unpaired) electrons. The lowest BCUT2D eigenvalue weighted by Crippen LogP contribution is -2.22. The number of carboxylic acid groups (broad SMARTS) is 1. The number of halogens is 1. The highest BCUT2D eigenvalue weighted by atomic mass is 32.1. The number of carboxylic acids is 1. The molecule has 0 aliphatic rings. The zero-order valence-electron chi connectivity index (χ0n) is 11.2. The van der Waals surface area contributed by atoms with E-state index in [1.807, 2.05) is 0 Å². The zero-order valence-corrected chi connectivity index (χ0v) is 12.0. The smallest absolute Gasteiger partial charge is 0.352 e. The van der Waals surface area contributed by atoms with Gasteiger partial charge >= 0.3 is 5.97 Å². The molecule has 5 nitrogen and oxygen atoms in total. The summed E-state index contributed by atoms with van der Waals surface area (Å²) in [4.78, 5) is 26.5. The van der Waals surface area contributed by atoms with E-state index in [2.05, 4.69) is 10.3 Å². The molecule has 0 bridgehead atoms. The van der Waals surface area contributed by atoms with Gasteiger partial charge in [0.25, 0.3) is 5.91 Å². The van der Waals surface area contributed by atoms with Crippen molar-refractivity contribution in [3.05, 3.63) is 57.7 Å². The summed E-state index contributed by atoms with van der Waals surface area (Å²) in [6.07, 6.45) is 0. The summed E-state index contributed by atoms with van der Waals surface area (Å²) >= 11 is 1.29. The maximum absolute atomic E-state index is 13.4. The number of benzene rings is 1. The average molecular weight is 318 g/mol. The predicted molar refractivity (Wildman–Crippen MR) is 80.7 cm³/mol. The van der Waals surface area contributed by atoms with Gasteiger partial charge in [0, 0.05) is 23.0 Å². The number of amides is 1. The minimum Gasteiger partial charge on any atom is -0.477 e. The van der Waals surface area contributed by atoms with Gasteiger partial charge in [0.1, 0.15) is 11.5 Å². The van der Waals surface area contributed by atoms with Crippen molar-refractivity contribution in [2.24, 2.45) is 0 Å². The first-order valence-corrected chi connectivity index (χ1v) is 7.29. The fraction of sp³-hybridized carbons (Fsp3) is 0.0667. The van der Waals surface area contributed by atoms with Gasteiger partial charge in [-0.25, -0.2) is 9.18 Å². The van der Waals surface area contributed by atoms with Gasteiger partial charge in [0.15, 0.2) is 0 Å². The summed E-state index contributed by atoms with van der Waals surface area (Å²) in [5.74, 6) is -1.91. The number of fused-ring (bicyclic) bond motifs is 1. The third-order valence-corrected chi connectivity index (χ3v) is 4.12. The van der Waals surface area contributed by atoms with Gasteiger partial charge in [-0.2, -0.15) is 0 Å². The number of hydrogen-bond acceptors (Lipinski definition) is 3. The van der Waals surface area contributed by atoms with Crippen LogP contribution in [0, 0.1) is 5.82 Å². The summed E-state index contributed by atoms with van der Waals surface area (Å²) in [5, 5.41) is 14.1. The Morgan fingerprint density at radius 3 is 2.82 bits per heavy atom. The summed E-state index contributed by atoms with van der Waals surface area (Å²) in [7, 11) is 0. The molecule has 3 rings (SSSR count). The third-order valence-electron chi connectivity index (χ3n) is 3.25. The number of nitrogens with one attached hydrogen (secondary N) is 2. The molecule has 3 aromatic rings. The molecule has 0 atom stereocenters. The molecule has 0 saturated carbocycles. The van der Waals surface area contributed by atoms with Crippen LogP contribution in [0.5, 0.6) is 0 Å². The molecule has 3 N–H and O–H groups in total. The van der Waals surface area contributed by atoms with Crippen molar-refractivity contribution in [1.82, 2.24) is 10.3 Å². The van der Waals surface area contributed by atoms with Crippen molar-refractivity contribution in [3.63, 3.8) is 0 Å². The van der Waals surface area contributed by atoms with E-state index in [1.165, 1.54) is 29.5 Å². The summed E-state index contributed by atoms with van der Waals surface area (Å²) < 4.78 is 13.4. The van der Waals surface area contributed by atoms with Gasteiger partial charge in [-0.15, -0.1) is 11.3 Å². The number of aromatic nitrogens is 1. The number of hydrogen-bond donors (Lipinski definition) is 3. The first-order chi connectivity index (χ1) is 10.6. The SMILES string of the molecule is O=C(NCc1c(C(=O)O)[nH]c2ccc(F)cc12)c1cccs1. The summed E-state index contributed by atoms with van der Waals surface area (Å²) in [5.41, 5.74) is 0.818. The van der Waals surface area contributed by atoms with Crippen LogP contribution >= 0.6 is 11.3 Å². The van der Waals surface area contributed by atoms with Crippen LogP contribution in [0.1, 0.15) is 25.7 Å². The number of carbonyl (C=O) groups is 2. The van der Waals surface area contributed by atoms with E-state index >= 15 is 0 Å². The Labute approximate surface area is 128 Å². The molecule has 1 amide bonds. The van der Waals surface area contributed by atoms with Crippen molar-refractivity contribution in [3.8, 4) is 0 Å². The van der Waals surface area contributed by atoms with Gasteiger partial charge < -0.3 is 15.4 Å². The van der Waals surface area contributed by atoms with Gasteiger partial charge in [0.05, 0.1) is 4.88 Å². The Kier molecular flexibility index (Phi) is 3.64. The lowest BCUT2D eigenvalue weighted by atomic mass is 10.1. The highest BCUT2D eigenvalue weighted by molar-refractivity contribution is 7.12. The monoisotopic (exact) mass is 318 g/mol. The second-order valence-electron chi connectivity index (χ2n) is 4.63. The first-order valence-electron chi connectivity index (χ1n) is 6.41. The zero-order chi connectivity index (χ0) is 15.7. The Bertz CT molecular complexity index is 855. The summed E-state index contributed by atoms with van der Waals surface area (Å²) in [6, 6.07) is 7.40. The molecule has 7 heteroatoms. The number of H-pyrrole nitrogens is 1. The van der Waals surface area contributed by atoms with Crippen LogP contribution in [-0.2, 0) is 6.54 Å². The van der Waals surface area contributed by atoms with Crippen molar-refractivity contribution in [2.75, 3.05) is 0 Å². The molecule has 1 aromatic carbocycles. The van der Waals surface area contributed by atoms with Crippen LogP contribution in [0.15, 0.2) is 35.7 Å². The van der Waals surface area contributed by atoms with E-state index < -0.39 is 11.8 Å². The maximum Gasteiger partial charge on any atom is 0.352 e. The fourth-order valence-corrected chi connectivity index (χ4v) is 2.89. The van der Waals surface area contributed by atoms with E-state index in [0.717, 1.165) is 0 Å². The van der Waals surface area contributed by atoms with Crippen molar-refractivity contribution >= 4 is 34.1 Å². The molecule has 0 spiro atoms. The van der Waals surface area contributed by atoms with Crippen LogP contribution in [0.4, 0.5) is 4.39 Å². The normalized spacial score (nSPS) is 10.8. The Balaban J connectivity index is 1.94. The molecule has 0 fully saturated rings. The molecular formula is C15H11FN2O3S. The molecule has 2 heterocycles. The molecule has 0 aliphatic heterocycles. The van der Waals surface area contributed by atoms with Crippen LogP contribution in [0.2, 0.25) is 0 Å². The number of rotatable bonds is 4. The number of aromatic amines is 1. The lowest BCUT2D eigenvalue weighted by Gasteiger charge is -2.04.